The molecule has 4 nitrogen and oxygen atoms in total. The Morgan fingerprint density at radius 3 is 2.24 bits per heavy atom. The summed E-state index contributed by atoms with van der Waals surface area (Å²) in [7, 11) is 2.30. The third kappa shape index (κ3) is 3.05. The maximum absolute atomic E-state index is 4.42. The molecule has 2 fully saturated rings. The molecule has 21 heavy (non-hydrogen) atoms. The highest BCUT2D eigenvalue weighted by molar-refractivity contribution is 5.42. The van der Waals surface area contributed by atoms with Crippen molar-refractivity contribution in [3.8, 4) is 0 Å². The van der Waals surface area contributed by atoms with Gasteiger partial charge in [-0.2, -0.15) is 5.10 Å². The summed E-state index contributed by atoms with van der Waals surface area (Å²) >= 11 is 0. The van der Waals surface area contributed by atoms with Gasteiger partial charge in [-0.3, -0.25) is 4.90 Å². The van der Waals surface area contributed by atoms with Crippen molar-refractivity contribution in [2.45, 2.75) is 64.0 Å². The number of anilines is 1. The number of aromatic nitrogens is 2. The average Bonchev–Trinajstić information content (AvgIpc) is 2.90. The first-order valence-corrected chi connectivity index (χ1v) is 8.26. The van der Waals surface area contributed by atoms with Gasteiger partial charge in [0.05, 0.1) is 5.69 Å². The van der Waals surface area contributed by atoms with E-state index in [0.29, 0.717) is 6.04 Å². The zero-order valence-electron chi connectivity index (χ0n) is 13.8. The van der Waals surface area contributed by atoms with E-state index in [9.17, 15) is 0 Å². The van der Waals surface area contributed by atoms with Gasteiger partial charge in [0.2, 0.25) is 0 Å². The number of likely N-dealkylation sites (N-methyl/N-ethyl adjacent to an activating group) is 1. The first-order chi connectivity index (χ1) is 9.95. The molecule has 1 aliphatic carbocycles. The van der Waals surface area contributed by atoms with E-state index in [2.05, 4.69) is 59.9 Å². The van der Waals surface area contributed by atoms with Gasteiger partial charge in [0.25, 0.3) is 0 Å². The van der Waals surface area contributed by atoms with Crippen LogP contribution >= 0.6 is 0 Å². The molecule has 2 aliphatic rings. The normalized spacial score (nSPS) is 21.1. The first kappa shape index (κ1) is 14.8. The van der Waals surface area contributed by atoms with Crippen LogP contribution in [0.25, 0.3) is 0 Å². The quantitative estimate of drug-likeness (QED) is 0.856. The molecule has 0 bridgehead atoms. The molecule has 0 unspecified atom stereocenters. The summed E-state index contributed by atoms with van der Waals surface area (Å²) in [5.74, 6) is 1.03. The Hall–Kier alpha value is -1.16. The van der Waals surface area contributed by atoms with Crippen LogP contribution in [-0.4, -0.2) is 47.3 Å². The predicted molar refractivity (Wildman–Crippen MR) is 86.8 cm³/mol. The summed E-state index contributed by atoms with van der Waals surface area (Å²) in [6.07, 6.45) is 5.58. The molecule has 2 heterocycles. The van der Waals surface area contributed by atoms with Crippen molar-refractivity contribution in [1.82, 2.24) is 15.1 Å². The molecule has 3 rings (SSSR count). The number of nitrogens with zero attached hydrogens (tertiary/aromatic N) is 4. The van der Waals surface area contributed by atoms with E-state index in [4.69, 9.17) is 0 Å². The van der Waals surface area contributed by atoms with E-state index < -0.39 is 0 Å². The van der Waals surface area contributed by atoms with Crippen LogP contribution in [0.4, 0.5) is 5.82 Å². The van der Waals surface area contributed by atoms with Crippen molar-refractivity contribution in [1.29, 1.82) is 0 Å². The van der Waals surface area contributed by atoms with Crippen molar-refractivity contribution in [2.75, 3.05) is 25.0 Å². The minimum atomic E-state index is 0.0751. The molecule has 0 amide bonds. The van der Waals surface area contributed by atoms with E-state index in [1.165, 1.54) is 25.7 Å². The van der Waals surface area contributed by atoms with Gasteiger partial charge in [-0.05, 0) is 32.0 Å². The zero-order valence-corrected chi connectivity index (χ0v) is 13.8. The number of hydrogen-bond donors (Lipinski definition) is 0. The largest absolute Gasteiger partial charge is 0.352 e. The van der Waals surface area contributed by atoms with Crippen LogP contribution in [0.1, 0.15) is 52.1 Å². The fourth-order valence-electron chi connectivity index (χ4n) is 3.40. The Labute approximate surface area is 128 Å². The standard InChI is InChI=1S/C17H28N4/c1-17(2,3)15-9-10-16(19-18-15)21-11-14(12-21)20(4)13-7-5-6-8-13/h9-10,13-14H,5-8,11-12H2,1-4H3. The smallest absolute Gasteiger partial charge is 0.151 e. The molecule has 1 aromatic rings. The molecule has 0 aromatic carbocycles. The lowest BCUT2D eigenvalue weighted by atomic mass is 9.92. The van der Waals surface area contributed by atoms with Crippen molar-refractivity contribution in [3.05, 3.63) is 17.8 Å². The molecule has 1 saturated heterocycles. The lowest BCUT2D eigenvalue weighted by Crippen LogP contribution is -2.60. The SMILES string of the molecule is CN(C1CCCC1)C1CN(c2ccc(C(C)(C)C)nn2)C1. The van der Waals surface area contributed by atoms with Crippen LogP contribution in [0.5, 0.6) is 0 Å². The second kappa shape index (κ2) is 5.56. The molecule has 1 aromatic heterocycles. The lowest BCUT2D eigenvalue weighted by molar-refractivity contribution is 0.147. The monoisotopic (exact) mass is 288 g/mol. The molecule has 0 atom stereocenters. The van der Waals surface area contributed by atoms with Gasteiger partial charge in [0, 0.05) is 30.6 Å². The Morgan fingerprint density at radius 1 is 1.05 bits per heavy atom. The van der Waals surface area contributed by atoms with Crippen LogP contribution in [0.15, 0.2) is 12.1 Å². The molecule has 1 saturated carbocycles. The second-order valence-corrected chi connectivity index (χ2v) is 7.69. The van der Waals surface area contributed by atoms with Gasteiger partial charge in [-0.25, -0.2) is 0 Å². The van der Waals surface area contributed by atoms with Crippen LogP contribution in [0, 0.1) is 0 Å². The summed E-state index contributed by atoms with van der Waals surface area (Å²) in [6, 6.07) is 5.75. The summed E-state index contributed by atoms with van der Waals surface area (Å²) in [5.41, 5.74) is 1.14. The van der Waals surface area contributed by atoms with Crippen molar-refractivity contribution in [3.63, 3.8) is 0 Å². The molecule has 4 heteroatoms. The minimum absolute atomic E-state index is 0.0751. The molecule has 116 valence electrons. The summed E-state index contributed by atoms with van der Waals surface area (Å²) in [5, 5.41) is 8.81. The van der Waals surface area contributed by atoms with Gasteiger partial charge in [-0.15, -0.1) is 5.10 Å². The van der Waals surface area contributed by atoms with Gasteiger partial charge in [-0.1, -0.05) is 33.6 Å². The van der Waals surface area contributed by atoms with Crippen LogP contribution in [-0.2, 0) is 5.41 Å². The molecule has 0 spiro atoms. The van der Waals surface area contributed by atoms with Gasteiger partial charge in [0.1, 0.15) is 0 Å². The van der Waals surface area contributed by atoms with Crippen molar-refractivity contribution in [2.24, 2.45) is 0 Å². The molecule has 0 radical (unpaired) electrons. The van der Waals surface area contributed by atoms with Crippen LogP contribution < -0.4 is 4.90 Å². The number of hydrogen-bond acceptors (Lipinski definition) is 4. The Bertz CT molecular complexity index is 465. The van der Waals surface area contributed by atoms with Crippen LogP contribution in [0.3, 0.4) is 0 Å². The lowest BCUT2D eigenvalue weighted by Gasteiger charge is -2.46. The Kier molecular flexibility index (Phi) is 3.91. The van der Waals surface area contributed by atoms with E-state index >= 15 is 0 Å². The highest BCUT2D eigenvalue weighted by atomic mass is 15.4. The predicted octanol–water partition coefficient (Wildman–Crippen LogP) is 2.84. The number of rotatable bonds is 3. The Balaban J connectivity index is 1.56. The summed E-state index contributed by atoms with van der Waals surface area (Å²) in [4.78, 5) is 4.94. The summed E-state index contributed by atoms with van der Waals surface area (Å²) < 4.78 is 0. The van der Waals surface area contributed by atoms with Crippen LogP contribution in [0.2, 0.25) is 0 Å². The van der Waals surface area contributed by atoms with Crippen molar-refractivity contribution < 1.29 is 0 Å². The molecular weight excluding hydrogens is 260 g/mol. The van der Waals surface area contributed by atoms with E-state index in [1.807, 2.05) is 0 Å². The van der Waals surface area contributed by atoms with Gasteiger partial charge in [0.15, 0.2) is 5.82 Å². The first-order valence-electron chi connectivity index (χ1n) is 8.26. The molecular formula is C17H28N4. The third-order valence-corrected chi connectivity index (χ3v) is 5.08. The molecule has 1 aliphatic heterocycles. The fourth-order valence-corrected chi connectivity index (χ4v) is 3.40. The van der Waals surface area contributed by atoms with Gasteiger partial charge < -0.3 is 4.90 Å². The van der Waals surface area contributed by atoms with E-state index in [-0.39, 0.29) is 5.41 Å². The average molecular weight is 288 g/mol. The Morgan fingerprint density at radius 2 is 1.71 bits per heavy atom. The summed E-state index contributed by atoms with van der Waals surface area (Å²) in [6.45, 7) is 8.71. The fraction of sp³-hybridized carbons (Fsp3) is 0.765. The highest BCUT2D eigenvalue weighted by Crippen LogP contribution is 2.29. The van der Waals surface area contributed by atoms with Crippen molar-refractivity contribution >= 4 is 5.82 Å². The third-order valence-electron chi connectivity index (χ3n) is 5.08. The maximum Gasteiger partial charge on any atom is 0.151 e. The second-order valence-electron chi connectivity index (χ2n) is 7.69. The maximum atomic E-state index is 4.42. The highest BCUT2D eigenvalue weighted by Gasteiger charge is 2.35. The van der Waals surface area contributed by atoms with E-state index in [0.717, 1.165) is 30.6 Å². The zero-order chi connectivity index (χ0) is 15.0. The minimum Gasteiger partial charge on any atom is -0.352 e. The van der Waals surface area contributed by atoms with Gasteiger partial charge >= 0.3 is 0 Å². The topological polar surface area (TPSA) is 32.3 Å². The molecule has 0 N–H and O–H groups in total. The van der Waals surface area contributed by atoms with E-state index in [1.54, 1.807) is 0 Å².